The van der Waals surface area contributed by atoms with Gasteiger partial charge in [0.25, 0.3) is 11.8 Å². The lowest BCUT2D eigenvalue weighted by atomic mass is 9.92. The molecule has 2 fully saturated rings. The first kappa shape index (κ1) is 22.8. The van der Waals surface area contributed by atoms with Gasteiger partial charge in [0.2, 0.25) is 0 Å². The molecule has 180 valence electrons. The fourth-order valence-electron chi connectivity index (χ4n) is 4.71. The van der Waals surface area contributed by atoms with Crippen LogP contribution in [0, 0.1) is 12.7 Å². The van der Waals surface area contributed by atoms with Crippen molar-refractivity contribution in [2.45, 2.75) is 44.7 Å². The van der Waals surface area contributed by atoms with E-state index in [4.69, 9.17) is 14.2 Å². The van der Waals surface area contributed by atoms with Crippen molar-refractivity contribution in [1.82, 2.24) is 10.6 Å². The van der Waals surface area contributed by atoms with E-state index in [1.807, 2.05) is 13.0 Å². The molecule has 0 aliphatic carbocycles. The third kappa shape index (κ3) is 4.65. The van der Waals surface area contributed by atoms with Gasteiger partial charge in [-0.3, -0.25) is 9.59 Å². The second kappa shape index (κ2) is 9.72. The minimum Gasteiger partial charge on any atom is -0.492 e. The smallest absolute Gasteiger partial charge is 0.255 e. The van der Waals surface area contributed by atoms with Gasteiger partial charge in [-0.2, -0.15) is 0 Å². The van der Waals surface area contributed by atoms with E-state index in [-0.39, 0.29) is 23.6 Å². The summed E-state index contributed by atoms with van der Waals surface area (Å²) in [7, 11) is 0. The first-order valence-electron chi connectivity index (χ1n) is 11.8. The second-order valence-corrected chi connectivity index (χ2v) is 9.17. The standard InChI is InChI=1S/C26H29FN2O5/c1-15-17(10-16-2-3-21(23(27)11-16)25(30)29-19-13-33-14-19)12-22(24-20(15)6-9-34-24)26(31)28-18-4-7-32-8-5-18/h2-3,11-12,18-19H,4-10,13-14H2,1H3,(H,28,31)(H,29,30). The summed E-state index contributed by atoms with van der Waals surface area (Å²) in [5, 5.41) is 5.88. The molecule has 0 radical (unpaired) electrons. The lowest BCUT2D eigenvalue weighted by molar-refractivity contribution is -0.00353. The molecule has 3 aliphatic heterocycles. The summed E-state index contributed by atoms with van der Waals surface area (Å²) in [5.41, 5.74) is 4.32. The molecule has 2 N–H and O–H groups in total. The fraction of sp³-hybridized carbons (Fsp3) is 0.462. The zero-order valence-corrected chi connectivity index (χ0v) is 19.2. The molecule has 0 bridgehead atoms. The number of hydrogen-bond acceptors (Lipinski definition) is 5. The zero-order chi connectivity index (χ0) is 23.7. The van der Waals surface area contributed by atoms with Crippen LogP contribution in [0.2, 0.25) is 0 Å². The van der Waals surface area contributed by atoms with Crippen LogP contribution in [0.3, 0.4) is 0 Å². The molecular weight excluding hydrogens is 439 g/mol. The van der Waals surface area contributed by atoms with Crippen LogP contribution in [-0.4, -0.2) is 56.9 Å². The van der Waals surface area contributed by atoms with Crippen molar-refractivity contribution in [3.8, 4) is 5.75 Å². The Hall–Kier alpha value is -2.97. The highest BCUT2D eigenvalue weighted by Crippen LogP contribution is 2.35. The van der Waals surface area contributed by atoms with E-state index in [9.17, 15) is 14.0 Å². The number of benzene rings is 2. The van der Waals surface area contributed by atoms with Gasteiger partial charge in [0.05, 0.1) is 37.0 Å². The molecule has 0 aromatic heterocycles. The second-order valence-electron chi connectivity index (χ2n) is 9.17. The summed E-state index contributed by atoms with van der Waals surface area (Å²) >= 11 is 0. The van der Waals surface area contributed by atoms with Crippen molar-refractivity contribution in [3.05, 3.63) is 63.5 Å². The van der Waals surface area contributed by atoms with E-state index >= 15 is 0 Å². The summed E-state index contributed by atoms with van der Waals surface area (Å²) in [6.07, 6.45) is 2.78. The molecule has 8 heteroatoms. The molecule has 34 heavy (non-hydrogen) atoms. The van der Waals surface area contributed by atoms with E-state index in [1.165, 1.54) is 12.1 Å². The number of carbonyl (C=O) groups excluding carboxylic acids is 2. The molecule has 3 aliphatic rings. The third-order valence-electron chi connectivity index (χ3n) is 6.82. The molecule has 0 atom stereocenters. The highest BCUT2D eigenvalue weighted by Gasteiger charge is 2.27. The maximum absolute atomic E-state index is 14.8. The summed E-state index contributed by atoms with van der Waals surface area (Å²) < 4.78 is 31.0. The number of rotatable bonds is 6. The van der Waals surface area contributed by atoms with Crippen molar-refractivity contribution < 1.29 is 28.2 Å². The Kier molecular flexibility index (Phi) is 6.52. The molecule has 3 heterocycles. The van der Waals surface area contributed by atoms with Crippen molar-refractivity contribution in [3.63, 3.8) is 0 Å². The van der Waals surface area contributed by atoms with Crippen molar-refractivity contribution in [2.75, 3.05) is 33.0 Å². The van der Waals surface area contributed by atoms with E-state index in [0.717, 1.165) is 41.5 Å². The van der Waals surface area contributed by atoms with Gasteiger partial charge in [0.15, 0.2) is 0 Å². The van der Waals surface area contributed by atoms with E-state index < -0.39 is 11.7 Å². The predicted octanol–water partition coefficient (Wildman–Crippen LogP) is 2.70. The van der Waals surface area contributed by atoms with Crippen LogP contribution in [0.4, 0.5) is 4.39 Å². The van der Waals surface area contributed by atoms with E-state index in [0.29, 0.717) is 50.8 Å². The normalized spacial score (nSPS) is 18.1. The monoisotopic (exact) mass is 468 g/mol. The van der Waals surface area contributed by atoms with Crippen LogP contribution in [0.1, 0.15) is 55.8 Å². The summed E-state index contributed by atoms with van der Waals surface area (Å²) in [5.74, 6) is -0.487. The van der Waals surface area contributed by atoms with Gasteiger partial charge in [0, 0.05) is 31.2 Å². The average Bonchev–Trinajstić information content (AvgIpc) is 3.29. The van der Waals surface area contributed by atoms with Crippen LogP contribution in [0.5, 0.6) is 5.75 Å². The molecule has 2 aromatic carbocycles. The largest absolute Gasteiger partial charge is 0.492 e. The molecular formula is C26H29FN2O5. The minimum atomic E-state index is -0.560. The highest BCUT2D eigenvalue weighted by molar-refractivity contribution is 5.98. The lowest BCUT2D eigenvalue weighted by Crippen LogP contribution is -2.48. The molecule has 0 saturated carbocycles. The topological polar surface area (TPSA) is 85.9 Å². The Morgan fingerprint density at radius 2 is 1.71 bits per heavy atom. The van der Waals surface area contributed by atoms with Crippen LogP contribution >= 0.6 is 0 Å². The van der Waals surface area contributed by atoms with Gasteiger partial charge in [-0.1, -0.05) is 6.07 Å². The summed E-state index contributed by atoms with van der Waals surface area (Å²) in [4.78, 5) is 25.5. The van der Waals surface area contributed by atoms with Crippen LogP contribution in [-0.2, 0) is 22.3 Å². The SMILES string of the molecule is Cc1c(Cc2ccc(C(=O)NC3COC3)c(F)c2)cc(C(=O)NC2CCOCC2)c2c1CCO2. The number of fused-ring (bicyclic) bond motifs is 1. The third-order valence-corrected chi connectivity index (χ3v) is 6.82. The molecule has 5 rings (SSSR count). The molecule has 0 unspecified atom stereocenters. The predicted molar refractivity (Wildman–Crippen MR) is 123 cm³/mol. The number of carbonyl (C=O) groups is 2. The maximum Gasteiger partial charge on any atom is 0.255 e. The Balaban J connectivity index is 1.37. The Labute approximate surface area is 198 Å². The van der Waals surface area contributed by atoms with Crippen LogP contribution in [0.15, 0.2) is 24.3 Å². The van der Waals surface area contributed by atoms with Crippen molar-refractivity contribution in [1.29, 1.82) is 0 Å². The summed E-state index contributed by atoms with van der Waals surface area (Å²) in [6, 6.07) is 6.57. The van der Waals surface area contributed by atoms with Gasteiger partial charge >= 0.3 is 0 Å². The first-order valence-corrected chi connectivity index (χ1v) is 11.8. The van der Waals surface area contributed by atoms with Gasteiger partial charge in [-0.15, -0.1) is 0 Å². The van der Waals surface area contributed by atoms with Crippen molar-refractivity contribution >= 4 is 11.8 Å². The minimum absolute atomic E-state index is 0.0197. The van der Waals surface area contributed by atoms with E-state index in [2.05, 4.69) is 10.6 Å². The Morgan fingerprint density at radius 3 is 2.41 bits per heavy atom. The molecule has 2 amide bonds. The van der Waals surface area contributed by atoms with Gasteiger partial charge < -0.3 is 24.8 Å². The quantitative estimate of drug-likeness (QED) is 0.681. The average molecular weight is 469 g/mol. The number of amides is 2. The molecule has 0 spiro atoms. The zero-order valence-electron chi connectivity index (χ0n) is 19.2. The first-order chi connectivity index (χ1) is 16.5. The Morgan fingerprint density at radius 1 is 0.971 bits per heavy atom. The number of halogens is 1. The van der Waals surface area contributed by atoms with Crippen molar-refractivity contribution in [2.24, 2.45) is 0 Å². The lowest BCUT2D eigenvalue weighted by Gasteiger charge is -2.26. The van der Waals surface area contributed by atoms with Crippen LogP contribution < -0.4 is 15.4 Å². The van der Waals surface area contributed by atoms with Crippen LogP contribution in [0.25, 0.3) is 0 Å². The highest BCUT2D eigenvalue weighted by atomic mass is 19.1. The number of hydrogen-bond donors (Lipinski definition) is 2. The molecule has 2 saturated heterocycles. The number of nitrogens with one attached hydrogen (secondary N) is 2. The summed E-state index contributed by atoms with van der Waals surface area (Å²) in [6.45, 7) is 4.76. The van der Waals surface area contributed by atoms with Gasteiger partial charge in [-0.05, 0) is 61.1 Å². The Bertz CT molecular complexity index is 1110. The van der Waals surface area contributed by atoms with Gasteiger partial charge in [-0.25, -0.2) is 4.39 Å². The van der Waals surface area contributed by atoms with E-state index in [1.54, 1.807) is 6.07 Å². The fourth-order valence-corrected chi connectivity index (χ4v) is 4.71. The molecule has 2 aromatic rings. The van der Waals surface area contributed by atoms with Gasteiger partial charge in [0.1, 0.15) is 11.6 Å². The molecule has 7 nitrogen and oxygen atoms in total. The number of ether oxygens (including phenoxy) is 3. The maximum atomic E-state index is 14.8.